The molecular weight excluding hydrogens is 292 g/mol. The van der Waals surface area contributed by atoms with Crippen molar-refractivity contribution < 1.29 is 4.74 Å². The molecule has 0 amide bonds. The van der Waals surface area contributed by atoms with E-state index in [0.717, 1.165) is 42.9 Å². The van der Waals surface area contributed by atoms with E-state index in [1.165, 1.54) is 5.56 Å². The van der Waals surface area contributed by atoms with Crippen LogP contribution >= 0.6 is 15.9 Å². The van der Waals surface area contributed by atoms with E-state index in [1.54, 1.807) is 0 Å². The number of likely N-dealkylation sites (N-methyl/N-ethyl adjacent to an activating group) is 1. The molecule has 1 aromatic rings. The van der Waals surface area contributed by atoms with E-state index in [4.69, 9.17) is 4.74 Å². The van der Waals surface area contributed by atoms with Gasteiger partial charge in [-0.15, -0.1) is 0 Å². The average molecular weight is 313 g/mol. The first-order chi connectivity index (χ1) is 8.69. The molecular formula is C14H21BrN2O. The Morgan fingerprint density at radius 1 is 1.50 bits per heavy atom. The Bertz CT molecular complexity index is 397. The molecule has 1 atom stereocenters. The highest BCUT2D eigenvalue weighted by Crippen LogP contribution is 2.20. The third-order valence-corrected chi connectivity index (χ3v) is 4.23. The minimum absolute atomic E-state index is 0.291. The van der Waals surface area contributed by atoms with Crippen LogP contribution in [0.5, 0.6) is 0 Å². The Morgan fingerprint density at radius 3 is 3.06 bits per heavy atom. The number of nitrogens with zero attached hydrogens (tertiary/aromatic N) is 1. The van der Waals surface area contributed by atoms with Gasteiger partial charge in [-0.2, -0.15) is 0 Å². The monoisotopic (exact) mass is 312 g/mol. The number of aryl methyl sites for hydroxylation is 1. The first kappa shape index (κ1) is 13.8. The first-order valence-corrected chi connectivity index (χ1v) is 7.32. The number of anilines is 1. The number of rotatable bonds is 4. The number of halogens is 1. The zero-order valence-corrected chi connectivity index (χ0v) is 12.7. The summed E-state index contributed by atoms with van der Waals surface area (Å²) in [5.41, 5.74) is 2.40. The predicted octanol–water partition coefficient (Wildman–Crippen LogP) is 2.89. The zero-order chi connectivity index (χ0) is 13.0. The van der Waals surface area contributed by atoms with Crippen molar-refractivity contribution in [3.63, 3.8) is 0 Å². The van der Waals surface area contributed by atoms with Gasteiger partial charge in [0.15, 0.2) is 0 Å². The van der Waals surface area contributed by atoms with Gasteiger partial charge in [-0.05, 0) is 31.2 Å². The number of ether oxygens (including phenoxy) is 1. The Morgan fingerprint density at radius 2 is 2.33 bits per heavy atom. The van der Waals surface area contributed by atoms with Crippen LogP contribution in [0.3, 0.4) is 0 Å². The third kappa shape index (κ3) is 3.70. The van der Waals surface area contributed by atoms with Crippen LogP contribution in [-0.4, -0.2) is 43.8 Å². The SMILES string of the molecule is CCN1CCOC(CNc2ccc(C)c(Br)c2)C1. The van der Waals surface area contributed by atoms with Crippen LogP contribution in [0.15, 0.2) is 22.7 Å². The fourth-order valence-corrected chi connectivity index (χ4v) is 2.50. The van der Waals surface area contributed by atoms with Gasteiger partial charge < -0.3 is 10.1 Å². The summed E-state index contributed by atoms with van der Waals surface area (Å²) in [7, 11) is 0. The molecule has 2 rings (SSSR count). The summed E-state index contributed by atoms with van der Waals surface area (Å²) in [5, 5.41) is 3.45. The Kier molecular flexibility index (Phi) is 5.03. The molecule has 0 aromatic heterocycles. The summed E-state index contributed by atoms with van der Waals surface area (Å²) in [5.74, 6) is 0. The van der Waals surface area contributed by atoms with E-state index < -0.39 is 0 Å². The van der Waals surface area contributed by atoms with E-state index in [1.807, 2.05) is 0 Å². The molecule has 1 saturated heterocycles. The maximum Gasteiger partial charge on any atom is 0.0874 e. The molecule has 0 spiro atoms. The molecule has 3 nitrogen and oxygen atoms in total. The van der Waals surface area contributed by atoms with Crippen molar-refractivity contribution in [1.29, 1.82) is 0 Å². The smallest absolute Gasteiger partial charge is 0.0874 e. The molecule has 1 aliphatic rings. The van der Waals surface area contributed by atoms with E-state index in [-0.39, 0.29) is 0 Å². The quantitative estimate of drug-likeness (QED) is 0.925. The van der Waals surface area contributed by atoms with Gasteiger partial charge in [-0.25, -0.2) is 0 Å². The van der Waals surface area contributed by atoms with Crippen molar-refractivity contribution in [2.75, 3.05) is 38.1 Å². The second-order valence-corrected chi connectivity index (χ2v) is 5.59. The largest absolute Gasteiger partial charge is 0.382 e. The summed E-state index contributed by atoms with van der Waals surface area (Å²) in [6.45, 7) is 9.20. The number of hydrogen-bond donors (Lipinski definition) is 1. The fourth-order valence-electron chi connectivity index (χ4n) is 2.13. The maximum atomic E-state index is 5.77. The van der Waals surface area contributed by atoms with E-state index in [2.05, 4.69) is 58.2 Å². The molecule has 1 unspecified atom stereocenters. The van der Waals surface area contributed by atoms with E-state index in [9.17, 15) is 0 Å². The standard InChI is InChI=1S/C14H21BrN2O/c1-3-17-6-7-18-13(10-17)9-16-12-5-4-11(2)14(15)8-12/h4-5,8,13,16H,3,6-7,9-10H2,1-2H3. The Hall–Kier alpha value is -0.580. The summed E-state index contributed by atoms with van der Waals surface area (Å²) in [4.78, 5) is 2.43. The lowest BCUT2D eigenvalue weighted by Gasteiger charge is -2.32. The predicted molar refractivity (Wildman–Crippen MR) is 79.2 cm³/mol. The van der Waals surface area contributed by atoms with Crippen molar-refractivity contribution in [3.8, 4) is 0 Å². The molecule has 100 valence electrons. The highest BCUT2D eigenvalue weighted by Gasteiger charge is 2.18. The zero-order valence-electron chi connectivity index (χ0n) is 11.1. The minimum atomic E-state index is 0.291. The van der Waals surface area contributed by atoms with Crippen LogP contribution < -0.4 is 5.32 Å². The molecule has 1 aromatic carbocycles. The van der Waals surface area contributed by atoms with Crippen LogP contribution in [-0.2, 0) is 4.74 Å². The highest BCUT2D eigenvalue weighted by molar-refractivity contribution is 9.10. The summed E-state index contributed by atoms with van der Waals surface area (Å²) in [6.07, 6.45) is 0.291. The fraction of sp³-hybridized carbons (Fsp3) is 0.571. The first-order valence-electron chi connectivity index (χ1n) is 6.53. The number of nitrogens with one attached hydrogen (secondary N) is 1. The van der Waals surface area contributed by atoms with Gasteiger partial charge in [-0.1, -0.05) is 28.9 Å². The lowest BCUT2D eigenvalue weighted by Crippen LogP contribution is -2.45. The molecule has 1 aliphatic heterocycles. The van der Waals surface area contributed by atoms with Crippen molar-refractivity contribution in [1.82, 2.24) is 4.90 Å². The number of hydrogen-bond acceptors (Lipinski definition) is 3. The molecule has 0 bridgehead atoms. The third-order valence-electron chi connectivity index (χ3n) is 3.38. The van der Waals surface area contributed by atoms with Crippen molar-refractivity contribution in [3.05, 3.63) is 28.2 Å². The summed E-state index contributed by atoms with van der Waals surface area (Å²) in [6, 6.07) is 6.35. The Labute approximate surface area is 118 Å². The van der Waals surface area contributed by atoms with Gasteiger partial charge in [0, 0.05) is 29.8 Å². The molecule has 0 saturated carbocycles. The minimum Gasteiger partial charge on any atom is -0.382 e. The van der Waals surface area contributed by atoms with Crippen LogP contribution in [0, 0.1) is 6.92 Å². The van der Waals surface area contributed by atoms with Gasteiger partial charge >= 0.3 is 0 Å². The average Bonchev–Trinajstić information content (AvgIpc) is 2.40. The number of benzene rings is 1. The molecule has 1 N–H and O–H groups in total. The molecule has 1 fully saturated rings. The topological polar surface area (TPSA) is 24.5 Å². The highest BCUT2D eigenvalue weighted by atomic mass is 79.9. The van der Waals surface area contributed by atoms with Crippen LogP contribution in [0.25, 0.3) is 0 Å². The van der Waals surface area contributed by atoms with Crippen molar-refractivity contribution in [2.45, 2.75) is 20.0 Å². The van der Waals surface area contributed by atoms with Gasteiger partial charge in [0.05, 0.1) is 12.7 Å². The second-order valence-electron chi connectivity index (χ2n) is 4.73. The summed E-state index contributed by atoms with van der Waals surface area (Å²) < 4.78 is 6.92. The Balaban J connectivity index is 1.85. The number of morpholine rings is 1. The van der Waals surface area contributed by atoms with Crippen molar-refractivity contribution in [2.24, 2.45) is 0 Å². The maximum absolute atomic E-state index is 5.77. The molecule has 18 heavy (non-hydrogen) atoms. The van der Waals surface area contributed by atoms with Gasteiger partial charge in [-0.3, -0.25) is 4.90 Å². The van der Waals surface area contributed by atoms with E-state index >= 15 is 0 Å². The molecule has 0 aliphatic carbocycles. The molecule has 0 radical (unpaired) electrons. The van der Waals surface area contributed by atoms with Gasteiger partial charge in [0.2, 0.25) is 0 Å². The molecule has 4 heteroatoms. The van der Waals surface area contributed by atoms with Crippen LogP contribution in [0.4, 0.5) is 5.69 Å². The lowest BCUT2D eigenvalue weighted by molar-refractivity contribution is -0.0191. The summed E-state index contributed by atoms with van der Waals surface area (Å²) >= 11 is 3.55. The second kappa shape index (κ2) is 6.55. The van der Waals surface area contributed by atoms with Gasteiger partial charge in [0.1, 0.15) is 0 Å². The van der Waals surface area contributed by atoms with Crippen LogP contribution in [0.2, 0.25) is 0 Å². The van der Waals surface area contributed by atoms with Crippen LogP contribution in [0.1, 0.15) is 12.5 Å². The lowest BCUT2D eigenvalue weighted by atomic mass is 10.2. The van der Waals surface area contributed by atoms with E-state index in [0.29, 0.717) is 6.10 Å². The molecule has 1 heterocycles. The van der Waals surface area contributed by atoms with Gasteiger partial charge in [0.25, 0.3) is 0 Å². The van der Waals surface area contributed by atoms with Crippen molar-refractivity contribution >= 4 is 21.6 Å². The normalized spacial score (nSPS) is 20.9.